The first kappa shape index (κ1) is 19.0. The van der Waals surface area contributed by atoms with E-state index in [4.69, 9.17) is 16.1 Å². The maximum atomic E-state index is 14.2. The van der Waals surface area contributed by atoms with E-state index in [1.54, 1.807) is 0 Å². The number of rotatable bonds is 4. The number of nitrogens with zero attached hydrogens (tertiary/aromatic N) is 1. The van der Waals surface area contributed by atoms with Crippen LogP contribution in [0.15, 0.2) is 40.9 Å². The molecule has 3 aromatic rings. The van der Waals surface area contributed by atoms with Crippen molar-refractivity contribution in [3.05, 3.63) is 75.8 Å². The van der Waals surface area contributed by atoms with Crippen LogP contribution < -0.4 is 5.32 Å². The maximum Gasteiger partial charge on any atom is 0.257 e. The van der Waals surface area contributed by atoms with Crippen LogP contribution in [0.1, 0.15) is 34.6 Å². The highest BCUT2D eigenvalue weighted by Crippen LogP contribution is 2.33. The standard InChI is InChI=1S/C19H14ClF3N2O2/c1-9(12-8-11(21)6-7-14(12)22)24-19(26)16-10(2)27-25-18(16)17-13(20)4-3-5-15(17)23/h3-9H,1-2H3,(H,24,26). The lowest BCUT2D eigenvalue weighted by Gasteiger charge is -2.15. The zero-order valence-corrected chi connectivity index (χ0v) is 15.1. The minimum atomic E-state index is -0.855. The molecular formula is C19H14ClF3N2O2. The van der Waals surface area contributed by atoms with Crippen LogP contribution in [-0.2, 0) is 0 Å². The van der Waals surface area contributed by atoms with Crippen LogP contribution in [0.4, 0.5) is 13.2 Å². The Morgan fingerprint density at radius 3 is 2.63 bits per heavy atom. The minimum Gasteiger partial charge on any atom is -0.360 e. The molecule has 0 fully saturated rings. The summed E-state index contributed by atoms with van der Waals surface area (Å²) in [4.78, 5) is 12.7. The molecule has 1 atom stereocenters. The van der Waals surface area contributed by atoms with E-state index in [0.29, 0.717) is 0 Å². The lowest BCUT2D eigenvalue weighted by Crippen LogP contribution is -2.28. The van der Waals surface area contributed by atoms with E-state index in [1.165, 1.54) is 32.0 Å². The van der Waals surface area contributed by atoms with E-state index < -0.39 is 29.4 Å². The zero-order valence-electron chi connectivity index (χ0n) is 14.3. The molecule has 4 nitrogen and oxygen atoms in total. The van der Waals surface area contributed by atoms with Gasteiger partial charge in [-0.1, -0.05) is 22.8 Å². The van der Waals surface area contributed by atoms with Crippen molar-refractivity contribution < 1.29 is 22.5 Å². The van der Waals surface area contributed by atoms with Crippen molar-refractivity contribution in [1.29, 1.82) is 0 Å². The molecule has 0 radical (unpaired) electrons. The van der Waals surface area contributed by atoms with Gasteiger partial charge in [0.25, 0.3) is 5.91 Å². The zero-order chi connectivity index (χ0) is 19.7. The van der Waals surface area contributed by atoms with Gasteiger partial charge in [0.1, 0.15) is 34.5 Å². The quantitative estimate of drug-likeness (QED) is 0.660. The SMILES string of the molecule is Cc1onc(-c2c(F)cccc2Cl)c1C(=O)NC(C)c1cc(F)ccc1F. The number of aryl methyl sites for hydroxylation is 1. The first-order valence-corrected chi connectivity index (χ1v) is 8.34. The molecule has 1 N–H and O–H groups in total. The fourth-order valence-corrected chi connectivity index (χ4v) is 2.98. The van der Waals surface area contributed by atoms with E-state index in [2.05, 4.69) is 10.5 Å². The van der Waals surface area contributed by atoms with Crippen LogP contribution in [0.3, 0.4) is 0 Å². The Hall–Kier alpha value is -2.80. The van der Waals surface area contributed by atoms with Gasteiger partial charge in [-0.15, -0.1) is 0 Å². The van der Waals surface area contributed by atoms with E-state index in [1.807, 2.05) is 0 Å². The van der Waals surface area contributed by atoms with Crippen LogP contribution in [0, 0.1) is 24.4 Å². The number of aromatic nitrogens is 1. The summed E-state index contributed by atoms with van der Waals surface area (Å²) in [7, 11) is 0. The van der Waals surface area contributed by atoms with Gasteiger partial charge in [-0.3, -0.25) is 4.79 Å². The van der Waals surface area contributed by atoms with Crippen molar-refractivity contribution in [3.63, 3.8) is 0 Å². The molecule has 1 unspecified atom stereocenters. The van der Waals surface area contributed by atoms with Gasteiger partial charge in [0.2, 0.25) is 0 Å². The van der Waals surface area contributed by atoms with Gasteiger partial charge in [-0.2, -0.15) is 0 Å². The van der Waals surface area contributed by atoms with Crippen LogP contribution >= 0.6 is 11.6 Å². The first-order valence-electron chi connectivity index (χ1n) is 7.96. The Morgan fingerprint density at radius 2 is 1.93 bits per heavy atom. The molecule has 140 valence electrons. The molecule has 27 heavy (non-hydrogen) atoms. The number of hydrogen-bond acceptors (Lipinski definition) is 3. The van der Waals surface area contributed by atoms with Gasteiger partial charge in [0.15, 0.2) is 0 Å². The van der Waals surface area contributed by atoms with Crippen LogP contribution in [0.5, 0.6) is 0 Å². The lowest BCUT2D eigenvalue weighted by molar-refractivity contribution is 0.0938. The molecule has 0 saturated heterocycles. The number of benzene rings is 2. The van der Waals surface area contributed by atoms with Crippen molar-refractivity contribution in [3.8, 4) is 11.3 Å². The predicted octanol–water partition coefficient (Wildman–Crippen LogP) is 5.21. The molecule has 1 aromatic heterocycles. The summed E-state index contributed by atoms with van der Waals surface area (Å²) in [6.45, 7) is 2.97. The summed E-state index contributed by atoms with van der Waals surface area (Å²) >= 11 is 6.05. The number of amides is 1. The summed E-state index contributed by atoms with van der Waals surface area (Å²) in [6.07, 6.45) is 0. The smallest absolute Gasteiger partial charge is 0.257 e. The van der Waals surface area contributed by atoms with E-state index in [9.17, 15) is 18.0 Å². The van der Waals surface area contributed by atoms with Crippen molar-refractivity contribution in [2.75, 3.05) is 0 Å². The third kappa shape index (κ3) is 3.68. The van der Waals surface area contributed by atoms with Crippen LogP contribution in [0.2, 0.25) is 5.02 Å². The molecular weight excluding hydrogens is 381 g/mol. The molecule has 0 aliphatic heterocycles. The van der Waals surface area contributed by atoms with Gasteiger partial charge in [0, 0.05) is 5.56 Å². The molecule has 0 saturated carbocycles. The van der Waals surface area contributed by atoms with Crippen LogP contribution in [0.25, 0.3) is 11.3 Å². The number of hydrogen-bond donors (Lipinski definition) is 1. The van der Waals surface area contributed by atoms with Gasteiger partial charge in [-0.25, -0.2) is 13.2 Å². The van der Waals surface area contributed by atoms with E-state index in [-0.39, 0.29) is 33.2 Å². The van der Waals surface area contributed by atoms with Gasteiger partial charge >= 0.3 is 0 Å². The van der Waals surface area contributed by atoms with Crippen LogP contribution in [-0.4, -0.2) is 11.1 Å². The van der Waals surface area contributed by atoms with Gasteiger partial charge in [0.05, 0.1) is 16.6 Å². The summed E-state index contributed by atoms with van der Waals surface area (Å²) in [5.41, 5.74) is -0.209. The highest BCUT2D eigenvalue weighted by Gasteiger charge is 2.27. The average Bonchev–Trinajstić information content (AvgIpc) is 2.98. The fraction of sp³-hybridized carbons (Fsp3) is 0.158. The second kappa shape index (κ2) is 7.44. The summed E-state index contributed by atoms with van der Waals surface area (Å²) in [5, 5.41) is 6.35. The summed E-state index contributed by atoms with van der Waals surface area (Å²) < 4.78 is 46.6. The van der Waals surface area contributed by atoms with Gasteiger partial charge in [-0.05, 0) is 44.2 Å². The Morgan fingerprint density at radius 1 is 1.19 bits per heavy atom. The Labute approximate surface area is 157 Å². The number of halogens is 4. The molecule has 0 bridgehead atoms. The fourth-order valence-electron chi connectivity index (χ4n) is 2.73. The second-order valence-electron chi connectivity index (χ2n) is 5.92. The van der Waals surface area contributed by atoms with Gasteiger partial charge < -0.3 is 9.84 Å². The Kier molecular flexibility index (Phi) is 5.23. The topological polar surface area (TPSA) is 55.1 Å². The number of carbonyl (C=O) groups is 1. The largest absolute Gasteiger partial charge is 0.360 e. The Bertz CT molecular complexity index is 1000. The number of nitrogens with one attached hydrogen (secondary N) is 1. The predicted molar refractivity (Wildman–Crippen MR) is 93.9 cm³/mol. The molecule has 1 heterocycles. The minimum absolute atomic E-state index is 0.0251. The molecule has 0 spiro atoms. The van der Waals surface area contributed by atoms with Crippen molar-refractivity contribution in [2.45, 2.75) is 19.9 Å². The average molecular weight is 395 g/mol. The molecule has 0 aliphatic carbocycles. The summed E-state index contributed by atoms with van der Waals surface area (Å²) in [6, 6.07) is 6.15. The van der Waals surface area contributed by atoms with Crippen molar-refractivity contribution >= 4 is 17.5 Å². The van der Waals surface area contributed by atoms with E-state index in [0.717, 1.165) is 18.2 Å². The normalized spacial score (nSPS) is 12.1. The molecule has 8 heteroatoms. The Balaban J connectivity index is 1.97. The van der Waals surface area contributed by atoms with Crippen molar-refractivity contribution in [2.24, 2.45) is 0 Å². The van der Waals surface area contributed by atoms with Crippen molar-refractivity contribution in [1.82, 2.24) is 10.5 Å². The highest BCUT2D eigenvalue weighted by atomic mass is 35.5. The van der Waals surface area contributed by atoms with E-state index >= 15 is 0 Å². The third-order valence-corrected chi connectivity index (χ3v) is 4.38. The monoisotopic (exact) mass is 394 g/mol. The molecule has 1 amide bonds. The third-order valence-electron chi connectivity index (χ3n) is 4.06. The first-order chi connectivity index (χ1) is 12.8. The number of carbonyl (C=O) groups excluding carboxylic acids is 1. The summed E-state index contributed by atoms with van der Waals surface area (Å²) in [5.74, 6) is -2.52. The second-order valence-corrected chi connectivity index (χ2v) is 6.33. The highest BCUT2D eigenvalue weighted by molar-refractivity contribution is 6.33. The molecule has 3 rings (SSSR count). The molecule has 2 aromatic carbocycles. The molecule has 0 aliphatic rings. The maximum absolute atomic E-state index is 14.2. The lowest BCUT2D eigenvalue weighted by atomic mass is 10.0.